The minimum absolute atomic E-state index is 0.0651. The molecule has 2 nitrogen and oxygen atoms in total. The van der Waals surface area contributed by atoms with Crippen LogP contribution < -0.4 is 5.32 Å². The van der Waals surface area contributed by atoms with E-state index in [1.807, 2.05) is 56.3 Å². The van der Waals surface area contributed by atoms with Crippen molar-refractivity contribution in [3.8, 4) is 0 Å². The van der Waals surface area contributed by atoms with E-state index in [0.717, 1.165) is 40.0 Å². The monoisotopic (exact) mass is 343 g/mol. The second-order valence-corrected chi connectivity index (χ2v) is 6.73. The Morgan fingerprint density at radius 3 is 2.19 bits per heavy atom. The zero-order valence-corrected chi connectivity index (χ0v) is 15.9. The van der Waals surface area contributed by atoms with Gasteiger partial charge in [0.25, 0.3) is 0 Å². The lowest BCUT2D eigenvalue weighted by atomic mass is 9.94. The first-order chi connectivity index (χ1) is 12.5. The van der Waals surface area contributed by atoms with Crippen LogP contribution in [0.3, 0.4) is 0 Å². The summed E-state index contributed by atoms with van der Waals surface area (Å²) in [7, 11) is 0. The Morgan fingerprint density at radius 1 is 0.808 bits per heavy atom. The number of aryl methyl sites for hydroxylation is 4. The summed E-state index contributed by atoms with van der Waals surface area (Å²) < 4.78 is 0. The predicted octanol–water partition coefficient (Wildman–Crippen LogP) is 6.15. The molecule has 0 unspecified atom stereocenters. The molecule has 0 radical (unpaired) electrons. The molecule has 0 aliphatic heterocycles. The lowest BCUT2D eigenvalue weighted by Gasteiger charge is -2.18. The molecule has 0 heterocycles. The van der Waals surface area contributed by atoms with E-state index in [-0.39, 0.29) is 5.78 Å². The van der Waals surface area contributed by atoms with E-state index >= 15 is 0 Å². The Kier molecular flexibility index (Phi) is 5.22. The fraction of sp³-hybridized carbons (Fsp3) is 0.208. The molecule has 3 aromatic carbocycles. The number of benzene rings is 3. The molecule has 132 valence electrons. The molecule has 0 aliphatic carbocycles. The van der Waals surface area contributed by atoms with Crippen LogP contribution in [0.1, 0.15) is 45.1 Å². The molecule has 0 spiro atoms. The molecule has 0 fully saturated rings. The lowest BCUT2D eigenvalue weighted by molar-refractivity contribution is 0.103. The van der Waals surface area contributed by atoms with Crippen molar-refractivity contribution in [3.05, 3.63) is 94.0 Å². The van der Waals surface area contributed by atoms with Crippen LogP contribution in [-0.2, 0) is 6.42 Å². The number of rotatable bonds is 5. The van der Waals surface area contributed by atoms with Gasteiger partial charge in [-0.15, -0.1) is 0 Å². The second kappa shape index (κ2) is 7.57. The van der Waals surface area contributed by atoms with Gasteiger partial charge in [0.05, 0.1) is 0 Å². The number of hydrogen-bond donors (Lipinski definition) is 1. The van der Waals surface area contributed by atoms with Crippen molar-refractivity contribution in [2.24, 2.45) is 0 Å². The van der Waals surface area contributed by atoms with Gasteiger partial charge >= 0.3 is 0 Å². The van der Waals surface area contributed by atoms with Crippen molar-refractivity contribution in [2.75, 3.05) is 5.32 Å². The molecule has 0 atom stereocenters. The van der Waals surface area contributed by atoms with Gasteiger partial charge in [0, 0.05) is 22.5 Å². The van der Waals surface area contributed by atoms with Crippen LogP contribution in [0.5, 0.6) is 0 Å². The van der Waals surface area contributed by atoms with Crippen LogP contribution in [0.2, 0.25) is 0 Å². The quantitative estimate of drug-likeness (QED) is 0.563. The van der Waals surface area contributed by atoms with Gasteiger partial charge in [-0.2, -0.15) is 0 Å². The molecule has 3 aromatic rings. The average Bonchev–Trinajstić information content (AvgIpc) is 2.63. The van der Waals surface area contributed by atoms with E-state index in [9.17, 15) is 4.79 Å². The highest BCUT2D eigenvalue weighted by Crippen LogP contribution is 2.30. The van der Waals surface area contributed by atoms with Gasteiger partial charge in [-0.1, -0.05) is 61.5 Å². The summed E-state index contributed by atoms with van der Waals surface area (Å²) in [5.41, 5.74) is 7.87. The van der Waals surface area contributed by atoms with Crippen molar-refractivity contribution in [2.45, 2.75) is 34.1 Å². The van der Waals surface area contributed by atoms with Gasteiger partial charge in [-0.05, 0) is 55.5 Å². The van der Waals surface area contributed by atoms with E-state index in [2.05, 4.69) is 37.4 Å². The topological polar surface area (TPSA) is 29.1 Å². The van der Waals surface area contributed by atoms with Crippen LogP contribution in [0.25, 0.3) is 0 Å². The second-order valence-electron chi connectivity index (χ2n) is 6.73. The molecule has 0 saturated carbocycles. The van der Waals surface area contributed by atoms with Gasteiger partial charge in [0.1, 0.15) is 0 Å². The Labute approximate surface area is 155 Å². The highest BCUT2D eigenvalue weighted by Gasteiger charge is 2.18. The molecule has 0 amide bonds. The van der Waals surface area contributed by atoms with E-state index in [1.165, 1.54) is 11.1 Å². The number of anilines is 2. The van der Waals surface area contributed by atoms with Gasteiger partial charge in [-0.25, -0.2) is 0 Å². The SMILES string of the molecule is CCc1cccc(C)c1Nc1cccc(C)c1C(=O)c1ccccc1C. The third kappa shape index (κ3) is 3.41. The molecular formula is C24H25NO. The minimum Gasteiger partial charge on any atom is -0.354 e. The molecule has 0 bridgehead atoms. The molecule has 3 rings (SSSR count). The Balaban J connectivity index is 2.10. The summed E-state index contributed by atoms with van der Waals surface area (Å²) in [6.07, 6.45) is 0.941. The number of nitrogens with one attached hydrogen (secondary N) is 1. The average molecular weight is 343 g/mol. The summed E-state index contributed by atoms with van der Waals surface area (Å²) in [5.74, 6) is 0.0651. The zero-order chi connectivity index (χ0) is 18.7. The lowest BCUT2D eigenvalue weighted by Crippen LogP contribution is -2.10. The first-order valence-electron chi connectivity index (χ1n) is 9.08. The maximum absolute atomic E-state index is 13.3. The Bertz CT molecular complexity index is 956. The normalized spacial score (nSPS) is 10.6. The number of hydrogen-bond acceptors (Lipinski definition) is 2. The molecule has 26 heavy (non-hydrogen) atoms. The molecule has 2 heteroatoms. The minimum atomic E-state index is 0.0651. The van der Waals surface area contributed by atoms with Crippen LogP contribution in [0, 0.1) is 20.8 Å². The van der Waals surface area contributed by atoms with Crippen LogP contribution in [0.4, 0.5) is 11.4 Å². The summed E-state index contributed by atoms with van der Waals surface area (Å²) in [6, 6.07) is 20.1. The maximum atomic E-state index is 13.3. The largest absolute Gasteiger partial charge is 0.354 e. The maximum Gasteiger partial charge on any atom is 0.195 e. The van der Waals surface area contributed by atoms with Crippen LogP contribution >= 0.6 is 0 Å². The summed E-state index contributed by atoms with van der Waals surface area (Å²) in [5, 5.41) is 3.55. The van der Waals surface area contributed by atoms with Crippen molar-refractivity contribution in [1.82, 2.24) is 0 Å². The van der Waals surface area contributed by atoms with Gasteiger partial charge < -0.3 is 5.32 Å². The standard InChI is InChI=1S/C24H25NO/c1-5-19-13-8-12-18(4)23(19)25-21-15-9-11-17(3)22(21)24(26)20-14-7-6-10-16(20)2/h6-15,25H,5H2,1-4H3. The van der Waals surface area contributed by atoms with E-state index in [1.54, 1.807) is 0 Å². The Morgan fingerprint density at radius 2 is 1.46 bits per heavy atom. The number of ketones is 1. The number of para-hydroxylation sites is 1. The highest BCUT2D eigenvalue weighted by atomic mass is 16.1. The molecule has 0 aromatic heterocycles. The predicted molar refractivity (Wildman–Crippen MR) is 110 cm³/mol. The fourth-order valence-corrected chi connectivity index (χ4v) is 3.37. The van der Waals surface area contributed by atoms with Crippen LogP contribution in [0.15, 0.2) is 60.7 Å². The van der Waals surface area contributed by atoms with Crippen LogP contribution in [-0.4, -0.2) is 5.78 Å². The fourth-order valence-electron chi connectivity index (χ4n) is 3.37. The summed E-state index contributed by atoms with van der Waals surface area (Å²) in [4.78, 5) is 13.3. The zero-order valence-electron chi connectivity index (χ0n) is 15.9. The highest BCUT2D eigenvalue weighted by molar-refractivity contribution is 6.14. The van der Waals surface area contributed by atoms with Crippen molar-refractivity contribution in [1.29, 1.82) is 0 Å². The summed E-state index contributed by atoms with van der Waals surface area (Å²) >= 11 is 0. The van der Waals surface area contributed by atoms with E-state index < -0.39 is 0 Å². The van der Waals surface area contributed by atoms with E-state index in [0.29, 0.717) is 0 Å². The number of carbonyl (C=O) groups excluding carboxylic acids is 1. The van der Waals surface area contributed by atoms with Gasteiger partial charge in [-0.3, -0.25) is 4.79 Å². The number of carbonyl (C=O) groups is 1. The summed E-state index contributed by atoms with van der Waals surface area (Å²) in [6.45, 7) is 8.22. The molecule has 0 saturated heterocycles. The van der Waals surface area contributed by atoms with Crippen molar-refractivity contribution in [3.63, 3.8) is 0 Å². The first kappa shape index (κ1) is 17.9. The van der Waals surface area contributed by atoms with Gasteiger partial charge in [0.2, 0.25) is 0 Å². The molecule has 1 N–H and O–H groups in total. The third-order valence-electron chi connectivity index (χ3n) is 4.89. The molecule has 0 aliphatic rings. The third-order valence-corrected chi connectivity index (χ3v) is 4.89. The van der Waals surface area contributed by atoms with Crippen molar-refractivity contribution < 1.29 is 4.79 Å². The van der Waals surface area contributed by atoms with Gasteiger partial charge in [0.15, 0.2) is 5.78 Å². The first-order valence-corrected chi connectivity index (χ1v) is 9.08. The smallest absolute Gasteiger partial charge is 0.195 e. The van der Waals surface area contributed by atoms with E-state index in [4.69, 9.17) is 0 Å². The Hall–Kier alpha value is -2.87. The molecular weight excluding hydrogens is 318 g/mol. The van der Waals surface area contributed by atoms with Crippen molar-refractivity contribution >= 4 is 17.2 Å².